The Morgan fingerprint density at radius 3 is 2.20 bits per heavy atom. The summed E-state index contributed by atoms with van der Waals surface area (Å²) in [6, 6.07) is 0. The van der Waals surface area contributed by atoms with Crippen molar-refractivity contribution in [3.63, 3.8) is 0 Å². The molecule has 0 amide bonds. The van der Waals surface area contributed by atoms with Gasteiger partial charge in [0.1, 0.15) is 0 Å². The Balaban J connectivity index is 1.64. The number of esters is 1. The molecule has 1 unspecified atom stereocenters. The molecule has 0 aliphatic heterocycles. The maximum Gasteiger partial charge on any atom is 0.312 e. The van der Waals surface area contributed by atoms with Crippen LogP contribution in [0.1, 0.15) is 120 Å². The highest BCUT2D eigenvalue weighted by molar-refractivity contribution is 9.11. The van der Waals surface area contributed by atoms with Gasteiger partial charge in [-0.15, -0.1) is 0 Å². The summed E-state index contributed by atoms with van der Waals surface area (Å²) in [5.74, 6) is 2.66. The van der Waals surface area contributed by atoms with E-state index < -0.39 is 0 Å². The normalized spacial score (nSPS) is 50.3. The van der Waals surface area contributed by atoms with Crippen LogP contribution < -0.4 is 0 Å². The second kappa shape index (κ2) is 7.86. The molecule has 0 aromatic rings. The lowest BCUT2D eigenvalue weighted by molar-refractivity contribution is -0.196. The van der Waals surface area contributed by atoms with Gasteiger partial charge >= 0.3 is 5.97 Å². The lowest BCUT2D eigenvalue weighted by atomic mass is 9.33. The molecule has 5 aliphatic rings. The molecule has 8 atom stereocenters. The van der Waals surface area contributed by atoms with E-state index in [1.807, 2.05) is 0 Å². The first-order valence-corrected chi connectivity index (χ1v) is 15.4. The molecule has 0 aromatic carbocycles. The molecule has 4 fully saturated rings. The Morgan fingerprint density at radius 1 is 0.886 bits per heavy atom. The van der Waals surface area contributed by atoms with E-state index in [0.717, 1.165) is 50.4 Å². The summed E-state index contributed by atoms with van der Waals surface area (Å²) in [5.41, 5.74) is 2.78. The predicted octanol–water partition coefficient (Wildman–Crippen LogP) is 9.32. The number of ether oxygens (including phenoxy) is 1. The number of fused-ring (bicyclic) bond motifs is 7. The third-order valence-corrected chi connectivity index (χ3v) is 14.6. The van der Waals surface area contributed by atoms with Crippen molar-refractivity contribution in [3.8, 4) is 0 Å². The minimum atomic E-state index is -0.329. The first-order valence-electron chi connectivity index (χ1n) is 14.6. The Morgan fingerprint density at radius 2 is 1.54 bits per heavy atom. The molecule has 3 heteroatoms. The van der Waals surface area contributed by atoms with Gasteiger partial charge in [-0.2, -0.15) is 0 Å². The van der Waals surface area contributed by atoms with Crippen molar-refractivity contribution in [3.05, 3.63) is 10.1 Å². The highest BCUT2D eigenvalue weighted by atomic mass is 79.9. The lowest BCUT2D eigenvalue weighted by Crippen LogP contribution is -2.64. The summed E-state index contributed by atoms with van der Waals surface area (Å²) >= 11 is 4.25. The van der Waals surface area contributed by atoms with Gasteiger partial charge in [-0.05, 0) is 125 Å². The monoisotopic (exact) mass is 546 g/mol. The van der Waals surface area contributed by atoms with E-state index in [4.69, 9.17) is 4.74 Å². The number of methoxy groups -OCH3 is 1. The van der Waals surface area contributed by atoms with Crippen LogP contribution in [0.15, 0.2) is 10.1 Å². The molecule has 2 nitrogen and oxygen atoms in total. The van der Waals surface area contributed by atoms with Crippen molar-refractivity contribution in [1.29, 1.82) is 0 Å². The van der Waals surface area contributed by atoms with Gasteiger partial charge in [-0.3, -0.25) is 4.79 Å². The van der Waals surface area contributed by atoms with Crippen molar-refractivity contribution in [2.75, 3.05) is 7.11 Å². The summed E-state index contributed by atoms with van der Waals surface area (Å²) in [7, 11) is 1.61. The molecule has 4 saturated carbocycles. The number of allylic oxidation sites excluding steroid dienone is 2. The van der Waals surface area contributed by atoms with Crippen LogP contribution >= 0.6 is 15.9 Å². The Hall–Kier alpha value is -0.310. The van der Waals surface area contributed by atoms with E-state index in [-0.39, 0.29) is 27.6 Å². The molecule has 0 N–H and O–H groups in total. The van der Waals surface area contributed by atoms with Crippen molar-refractivity contribution in [2.24, 2.45) is 56.2 Å². The SMILES string of the molecule is COC(=O)[C@]12CCC(C)(C)C[C@H]1C1=C(Br)CC3[C@@]4(C)CC[C@H](C)C(C)(C)[C@@H]4CC[C@@]3(C)[C@]1(C)CC2. The highest BCUT2D eigenvalue weighted by Gasteiger charge is 2.70. The average molecular weight is 548 g/mol. The summed E-state index contributed by atoms with van der Waals surface area (Å²) in [4.78, 5) is 13.5. The first-order chi connectivity index (χ1) is 16.1. The van der Waals surface area contributed by atoms with Gasteiger partial charge in [-0.25, -0.2) is 0 Å². The molecule has 0 heterocycles. The predicted molar refractivity (Wildman–Crippen MR) is 148 cm³/mol. The number of carbonyl (C=O) groups is 1. The maximum atomic E-state index is 13.5. The molecule has 5 rings (SSSR count). The summed E-state index contributed by atoms with van der Waals surface area (Å²) in [6.07, 6.45) is 11.9. The second-order valence-corrected chi connectivity index (χ2v) is 16.7. The quantitative estimate of drug-likeness (QED) is 0.306. The molecule has 0 radical (unpaired) electrons. The average Bonchev–Trinajstić information content (AvgIpc) is 2.77. The molecule has 198 valence electrons. The number of carbonyl (C=O) groups excluding carboxylic acids is 1. The topological polar surface area (TPSA) is 26.3 Å². The van der Waals surface area contributed by atoms with E-state index in [1.54, 1.807) is 12.7 Å². The Kier molecular flexibility index (Phi) is 5.91. The van der Waals surface area contributed by atoms with E-state index >= 15 is 0 Å². The fourth-order valence-corrected chi connectivity index (χ4v) is 12.1. The molecule has 0 spiro atoms. The third kappa shape index (κ3) is 3.27. The largest absolute Gasteiger partial charge is 0.469 e. The van der Waals surface area contributed by atoms with Gasteiger partial charge in [0.2, 0.25) is 0 Å². The molecule has 0 bridgehead atoms. The van der Waals surface area contributed by atoms with Crippen LogP contribution in [0.3, 0.4) is 0 Å². The van der Waals surface area contributed by atoms with Crippen LogP contribution in [0, 0.1) is 56.2 Å². The first kappa shape index (κ1) is 26.3. The van der Waals surface area contributed by atoms with Crippen LogP contribution in [-0.2, 0) is 9.53 Å². The summed E-state index contributed by atoms with van der Waals surface area (Å²) in [5, 5.41) is 0. The summed E-state index contributed by atoms with van der Waals surface area (Å²) in [6.45, 7) is 20.4. The molecular weight excluding hydrogens is 496 g/mol. The lowest BCUT2D eigenvalue weighted by Gasteiger charge is -2.71. The molecule has 0 saturated heterocycles. The minimum Gasteiger partial charge on any atom is -0.469 e. The van der Waals surface area contributed by atoms with E-state index in [2.05, 4.69) is 71.3 Å². The van der Waals surface area contributed by atoms with Gasteiger partial charge in [-0.1, -0.05) is 71.3 Å². The van der Waals surface area contributed by atoms with Crippen molar-refractivity contribution < 1.29 is 9.53 Å². The minimum absolute atomic E-state index is 0.0545. The third-order valence-electron chi connectivity index (χ3n) is 13.8. The fraction of sp³-hybridized carbons (Fsp3) is 0.906. The molecule has 5 aliphatic carbocycles. The van der Waals surface area contributed by atoms with Crippen LogP contribution in [-0.4, -0.2) is 13.1 Å². The zero-order chi connectivity index (χ0) is 25.8. The van der Waals surface area contributed by atoms with E-state index in [9.17, 15) is 4.79 Å². The maximum absolute atomic E-state index is 13.5. The van der Waals surface area contributed by atoms with Crippen molar-refractivity contribution >= 4 is 21.9 Å². The van der Waals surface area contributed by atoms with E-state index in [1.165, 1.54) is 30.2 Å². The van der Waals surface area contributed by atoms with Gasteiger partial charge in [0, 0.05) is 0 Å². The zero-order valence-electron chi connectivity index (χ0n) is 24.1. The van der Waals surface area contributed by atoms with Gasteiger partial charge in [0.05, 0.1) is 12.5 Å². The van der Waals surface area contributed by atoms with Gasteiger partial charge in [0.15, 0.2) is 0 Å². The smallest absolute Gasteiger partial charge is 0.312 e. The molecule has 0 aromatic heterocycles. The second-order valence-electron chi connectivity index (χ2n) is 15.8. The van der Waals surface area contributed by atoms with Crippen LogP contribution in [0.5, 0.6) is 0 Å². The van der Waals surface area contributed by atoms with Crippen LogP contribution in [0.4, 0.5) is 0 Å². The number of hydrogen-bond donors (Lipinski definition) is 0. The summed E-state index contributed by atoms with van der Waals surface area (Å²) < 4.78 is 7.00. The zero-order valence-corrected chi connectivity index (χ0v) is 25.7. The van der Waals surface area contributed by atoms with Crippen molar-refractivity contribution in [1.82, 2.24) is 0 Å². The number of halogens is 1. The van der Waals surface area contributed by atoms with Crippen molar-refractivity contribution in [2.45, 2.75) is 120 Å². The molecular formula is C32H51BrO2. The fourth-order valence-electron chi connectivity index (χ4n) is 11.0. The molecule has 35 heavy (non-hydrogen) atoms. The Labute approximate surface area is 223 Å². The van der Waals surface area contributed by atoms with Gasteiger partial charge in [0.25, 0.3) is 0 Å². The highest BCUT2D eigenvalue weighted by Crippen LogP contribution is 2.77. The Bertz CT molecular complexity index is 947. The standard InChI is InChI=1S/C32H51BrO2/c1-20-10-12-29(6)23(28(20,4)5)11-13-30(7)24(29)18-22(33)25-21-19-27(2,3)14-16-32(21,26(34)35-9)17-15-31(25,30)8/h20-21,23-24H,10-19H2,1-9H3/t20-,21-,23-,24?,29-,30+,31+,32-/m0/s1. The van der Waals surface area contributed by atoms with Gasteiger partial charge < -0.3 is 4.74 Å². The van der Waals surface area contributed by atoms with Crippen LogP contribution in [0.2, 0.25) is 0 Å². The van der Waals surface area contributed by atoms with Crippen LogP contribution in [0.25, 0.3) is 0 Å². The number of hydrogen-bond acceptors (Lipinski definition) is 2. The van der Waals surface area contributed by atoms with E-state index in [0.29, 0.717) is 22.7 Å². The number of rotatable bonds is 1.